The second-order valence-corrected chi connectivity index (χ2v) is 5.16. The number of aryl methyl sites for hydroxylation is 1. The Kier molecular flexibility index (Phi) is 4.27. The largest absolute Gasteiger partial charge is 0.475 e. The second kappa shape index (κ2) is 6.69. The fourth-order valence-corrected chi connectivity index (χ4v) is 2.52. The number of imidazole rings is 1. The van der Waals surface area contributed by atoms with E-state index in [0.29, 0.717) is 11.2 Å². The van der Waals surface area contributed by atoms with Gasteiger partial charge in [-0.15, -0.1) is 0 Å². The summed E-state index contributed by atoms with van der Waals surface area (Å²) in [6.45, 7) is 0.255. The summed E-state index contributed by atoms with van der Waals surface area (Å²) in [5.74, 6) is -0.606. The first-order valence-electron chi connectivity index (χ1n) is 7.42. The van der Waals surface area contributed by atoms with Crippen molar-refractivity contribution in [2.75, 3.05) is 5.32 Å². The predicted octanol–water partition coefficient (Wildman–Crippen LogP) is 1.37. The number of hydrogen-bond acceptors (Lipinski definition) is 5. The molecule has 0 aromatic carbocycles. The maximum atomic E-state index is 12.6. The van der Waals surface area contributed by atoms with Gasteiger partial charge in [-0.3, -0.25) is 4.79 Å². The molecule has 0 aliphatic carbocycles. The zero-order chi connectivity index (χ0) is 17.8. The van der Waals surface area contributed by atoms with E-state index < -0.39 is 5.91 Å². The Labute approximate surface area is 142 Å². The third-order valence-electron chi connectivity index (χ3n) is 3.62. The number of amides is 1. The molecule has 0 saturated heterocycles. The Balaban J connectivity index is 2.03. The lowest BCUT2D eigenvalue weighted by Gasteiger charge is -2.01. The molecule has 8 nitrogen and oxygen atoms in total. The van der Waals surface area contributed by atoms with Gasteiger partial charge in [0.25, 0.3) is 11.3 Å². The van der Waals surface area contributed by atoms with Crippen LogP contribution in [0.4, 0.5) is 5.82 Å². The minimum Gasteiger partial charge on any atom is -0.475 e. The van der Waals surface area contributed by atoms with Gasteiger partial charge in [-0.05, 0) is 18.2 Å². The normalized spacial score (nSPS) is 10.2. The van der Waals surface area contributed by atoms with E-state index in [1.807, 2.05) is 12.1 Å². The number of aromatic nitrogens is 3. The first-order chi connectivity index (χ1) is 12.2. The van der Waals surface area contributed by atoms with Crippen LogP contribution in [0.3, 0.4) is 0 Å². The number of nitrogens with one attached hydrogen (secondary N) is 1. The molecule has 0 spiro atoms. The molecule has 3 rings (SSSR count). The van der Waals surface area contributed by atoms with Crippen LogP contribution < -0.4 is 9.88 Å². The van der Waals surface area contributed by atoms with Crippen LogP contribution in [0.1, 0.15) is 22.5 Å². The van der Waals surface area contributed by atoms with Crippen LogP contribution in [-0.2, 0) is 6.54 Å². The summed E-state index contributed by atoms with van der Waals surface area (Å²) in [6, 6.07) is 12.2. The zero-order valence-corrected chi connectivity index (χ0v) is 13.0. The van der Waals surface area contributed by atoms with Crippen molar-refractivity contribution >= 4 is 17.4 Å². The van der Waals surface area contributed by atoms with Crippen LogP contribution in [0, 0.1) is 22.7 Å². The maximum Gasteiger partial charge on any atom is 0.337 e. The fourth-order valence-electron chi connectivity index (χ4n) is 2.52. The highest BCUT2D eigenvalue weighted by Gasteiger charge is 2.30. The van der Waals surface area contributed by atoms with Crippen LogP contribution in [0.25, 0.3) is 5.65 Å². The Morgan fingerprint density at radius 2 is 2.20 bits per heavy atom. The molecule has 0 unspecified atom stereocenters. The number of pyridine rings is 2. The first kappa shape index (κ1) is 16.0. The van der Waals surface area contributed by atoms with E-state index in [0.717, 1.165) is 0 Å². The van der Waals surface area contributed by atoms with E-state index >= 15 is 0 Å². The number of hydrogen-bond donors (Lipinski definition) is 2. The molecule has 3 heterocycles. The summed E-state index contributed by atoms with van der Waals surface area (Å²) in [5.41, 5.74) is 0.968. The molecule has 0 atom stereocenters. The molecule has 8 heteroatoms. The van der Waals surface area contributed by atoms with Crippen LogP contribution in [0.15, 0.2) is 42.7 Å². The standard InChI is InChI=1S/C17H12N6O2/c18-6-3-9-23-14-4-1-2-8-22(14)15(17(23)25)16(24)21-13-10-12(11-19)5-7-20-13/h1-2,4-5,7-8,10H,3,9H2,(H-,20,21,24,25)/p+1. The molecule has 25 heavy (non-hydrogen) atoms. The fraction of sp³-hybridized carbons (Fsp3) is 0.118. The van der Waals surface area contributed by atoms with Crippen LogP contribution in [-0.4, -0.2) is 20.4 Å². The van der Waals surface area contributed by atoms with Gasteiger partial charge in [0.1, 0.15) is 12.4 Å². The molecule has 0 radical (unpaired) electrons. The maximum absolute atomic E-state index is 12.6. The number of aromatic hydroxyl groups is 1. The summed E-state index contributed by atoms with van der Waals surface area (Å²) in [6.07, 6.45) is 3.25. The zero-order valence-electron chi connectivity index (χ0n) is 13.0. The molecule has 1 amide bonds. The SMILES string of the molecule is N#CCC[n+]1c(O)c(C(=O)Nc2cc(C#N)ccn2)n2ccccc21. The molecule has 0 saturated carbocycles. The van der Waals surface area contributed by atoms with E-state index in [1.165, 1.54) is 27.3 Å². The summed E-state index contributed by atoms with van der Waals surface area (Å²) in [7, 11) is 0. The molecular formula is C17H13N6O2+. The number of fused-ring (bicyclic) bond motifs is 1. The van der Waals surface area contributed by atoms with E-state index in [1.54, 1.807) is 24.4 Å². The van der Waals surface area contributed by atoms with Gasteiger partial charge in [0, 0.05) is 12.3 Å². The second-order valence-electron chi connectivity index (χ2n) is 5.16. The van der Waals surface area contributed by atoms with Crippen LogP contribution in [0.2, 0.25) is 0 Å². The lowest BCUT2D eigenvalue weighted by atomic mass is 10.3. The van der Waals surface area contributed by atoms with Gasteiger partial charge in [0.15, 0.2) is 0 Å². The van der Waals surface area contributed by atoms with Crippen LogP contribution >= 0.6 is 0 Å². The monoisotopic (exact) mass is 333 g/mol. The van der Waals surface area contributed by atoms with E-state index in [2.05, 4.69) is 10.3 Å². The van der Waals surface area contributed by atoms with E-state index in [4.69, 9.17) is 10.5 Å². The van der Waals surface area contributed by atoms with Crippen molar-refractivity contribution in [3.8, 4) is 18.0 Å². The molecular weight excluding hydrogens is 320 g/mol. The van der Waals surface area contributed by atoms with Gasteiger partial charge < -0.3 is 10.4 Å². The average molecular weight is 333 g/mol. The molecule has 2 N–H and O–H groups in total. The quantitative estimate of drug-likeness (QED) is 0.699. The van der Waals surface area contributed by atoms with Crippen molar-refractivity contribution < 1.29 is 14.5 Å². The van der Waals surface area contributed by atoms with Crippen molar-refractivity contribution in [1.82, 2.24) is 9.38 Å². The van der Waals surface area contributed by atoms with E-state index in [-0.39, 0.29) is 30.4 Å². The molecule has 3 aromatic rings. The van der Waals surface area contributed by atoms with Gasteiger partial charge in [-0.1, -0.05) is 6.07 Å². The third-order valence-corrected chi connectivity index (χ3v) is 3.62. The van der Waals surface area contributed by atoms with Gasteiger partial charge in [0.2, 0.25) is 0 Å². The summed E-state index contributed by atoms with van der Waals surface area (Å²) < 4.78 is 3.04. The predicted molar refractivity (Wildman–Crippen MR) is 86.4 cm³/mol. The highest BCUT2D eigenvalue weighted by atomic mass is 16.3. The molecule has 3 aromatic heterocycles. The molecule has 0 aliphatic heterocycles. The summed E-state index contributed by atoms with van der Waals surface area (Å²) >= 11 is 0. The lowest BCUT2D eigenvalue weighted by Crippen LogP contribution is -2.33. The highest BCUT2D eigenvalue weighted by molar-refractivity contribution is 6.04. The van der Waals surface area contributed by atoms with Crippen LogP contribution in [0.5, 0.6) is 5.88 Å². The molecule has 0 bridgehead atoms. The van der Waals surface area contributed by atoms with Crippen molar-refractivity contribution in [2.45, 2.75) is 13.0 Å². The number of carbonyl (C=O) groups is 1. The average Bonchev–Trinajstić information content (AvgIpc) is 2.91. The van der Waals surface area contributed by atoms with Crippen molar-refractivity contribution in [3.05, 3.63) is 54.0 Å². The highest BCUT2D eigenvalue weighted by Crippen LogP contribution is 2.18. The minimum absolute atomic E-state index is 0.0256. The van der Waals surface area contributed by atoms with Gasteiger partial charge in [-0.2, -0.15) is 19.5 Å². The lowest BCUT2D eigenvalue weighted by molar-refractivity contribution is -0.675. The van der Waals surface area contributed by atoms with Crippen molar-refractivity contribution in [3.63, 3.8) is 0 Å². The molecule has 0 aliphatic rings. The minimum atomic E-state index is -0.572. The Bertz CT molecular complexity index is 1040. The molecule has 122 valence electrons. The first-order valence-corrected chi connectivity index (χ1v) is 7.42. The summed E-state index contributed by atoms with van der Waals surface area (Å²) in [4.78, 5) is 16.6. The summed E-state index contributed by atoms with van der Waals surface area (Å²) in [5, 5.41) is 30.8. The number of anilines is 1. The molecule has 0 fully saturated rings. The van der Waals surface area contributed by atoms with E-state index in [9.17, 15) is 9.90 Å². The Morgan fingerprint density at radius 3 is 2.96 bits per heavy atom. The number of rotatable bonds is 4. The number of nitriles is 2. The Hall–Kier alpha value is -3.91. The number of carbonyl (C=O) groups excluding carboxylic acids is 1. The van der Waals surface area contributed by atoms with Crippen molar-refractivity contribution in [2.24, 2.45) is 0 Å². The van der Waals surface area contributed by atoms with Gasteiger partial charge in [0.05, 0.1) is 30.3 Å². The van der Waals surface area contributed by atoms with Gasteiger partial charge in [-0.25, -0.2) is 4.98 Å². The van der Waals surface area contributed by atoms with Gasteiger partial charge >= 0.3 is 11.8 Å². The smallest absolute Gasteiger partial charge is 0.337 e. The third kappa shape index (κ3) is 2.96. The topological polar surface area (TPSA) is 118 Å². The van der Waals surface area contributed by atoms with Crippen molar-refractivity contribution in [1.29, 1.82) is 10.5 Å². The number of nitrogens with zero attached hydrogens (tertiary/aromatic N) is 5. The Morgan fingerprint density at radius 1 is 1.36 bits per heavy atom.